The molecule has 0 fully saturated rings. The fourth-order valence-corrected chi connectivity index (χ4v) is 1.52. The molecule has 0 heterocycles. The molecule has 4 heteroatoms. The van der Waals surface area contributed by atoms with Crippen LogP contribution in [-0.2, 0) is 0 Å². The van der Waals surface area contributed by atoms with Crippen LogP contribution in [0.25, 0.3) is 10.8 Å². The van der Waals surface area contributed by atoms with Crippen LogP contribution in [0.3, 0.4) is 0 Å². The van der Waals surface area contributed by atoms with E-state index in [0.29, 0.717) is 16.3 Å². The van der Waals surface area contributed by atoms with Gasteiger partial charge in [-0.3, -0.25) is 4.79 Å². The van der Waals surface area contributed by atoms with Crippen LogP contribution in [0.1, 0.15) is 10.4 Å². The van der Waals surface area contributed by atoms with Gasteiger partial charge in [0.05, 0.1) is 0 Å². The molecule has 1 amide bonds. The van der Waals surface area contributed by atoms with Crippen molar-refractivity contribution in [3.8, 4) is 11.5 Å². The Hall–Kier alpha value is -2.23. The van der Waals surface area contributed by atoms with Crippen molar-refractivity contribution in [1.29, 1.82) is 0 Å². The zero-order chi connectivity index (χ0) is 11.0. The molecule has 0 aliphatic heterocycles. The third-order valence-electron chi connectivity index (χ3n) is 2.24. The van der Waals surface area contributed by atoms with Gasteiger partial charge in [0.25, 0.3) is 0 Å². The van der Waals surface area contributed by atoms with E-state index in [4.69, 9.17) is 5.73 Å². The predicted octanol–water partition coefficient (Wildman–Crippen LogP) is 1.35. The zero-order valence-electron chi connectivity index (χ0n) is 7.77. The van der Waals surface area contributed by atoms with Gasteiger partial charge in [-0.15, -0.1) is 0 Å². The first kappa shape index (κ1) is 9.33. The van der Waals surface area contributed by atoms with E-state index in [9.17, 15) is 15.0 Å². The first-order valence-corrected chi connectivity index (χ1v) is 4.34. The van der Waals surface area contributed by atoms with E-state index in [1.165, 1.54) is 12.1 Å². The van der Waals surface area contributed by atoms with Gasteiger partial charge in [-0.1, -0.05) is 12.1 Å². The van der Waals surface area contributed by atoms with Crippen molar-refractivity contribution in [2.75, 3.05) is 0 Å². The van der Waals surface area contributed by atoms with Crippen LogP contribution in [-0.4, -0.2) is 16.1 Å². The van der Waals surface area contributed by atoms with Crippen LogP contribution < -0.4 is 5.73 Å². The topological polar surface area (TPSA) is 83.6 Å². The number of primary amides is 1. The van der Waals surface area contributed by atoms with Crippen molar-refractivity contribution in [3.63, 3.8) is 0 Å². The standard InChI is InChI=1S/C11H9NO3/c12-11(15)7-3-1-2-6-4-9(13)10(14)5-8(6)7/h1-5,13-14H,(H2,12,15). The van der Waals surface area contributed by atoms with Gasteiger partial charge in [0.1, 0.15) is 0 Å². The van der Waals surface area contributed by atoms with Gasteiger partial charge in [-0.25, -0.2) is 0 Å². The molecule has 0 aliphatic carbocycles. The highest BCUT2D eigenvalue weighted by atomic mass is 16.3. The van der Waals surface area contributed by atoms with Gasteiger partial charge >= 0.3 is 0 Å². The Kier molecular flexibility index (Phi) is 1.97. The average molecular weight is 203 g/mol. The number of phenolic OH excluding ortho intramolecular Hbond substituents is 2. The molecule has 0 saturated heterocycles. The molecule has 0 atom stereocenters. The van der Waals surface area contributed by atoms with Crippen molar-refractivity contribution in [3.05, 3.63) is 35.9 Å². The molecule has 0 saturated carbocycles. The molecule has 4 nitrogen and oxygen atoms in total. The van der Waals surface area contributed by atoms with Gasteiger partial charge < -0.3 is 15.9 Å². The van der Waals surface area contributed by atoms with Crippen LogP contribution in [0, 0.1) is 0 Å². The molecule has 0 spiro atoms. The second-order valence-electron chi connectivity index (χ2n) is 3.23. The van der Waals surface area contributed by atoms with Gasteiger partial charge in [0, 0.05) is 5.56 Å². The van der Waals surface area contributed by atoms with Gasteiger partial charge in [0.2, 0.25) is 5.91 Å². The molecular weight excluding hydrogens is 194 g/mol. The highest BCUT2D eigenvalue weighted by Crippen LogP contribution is 2.31. The molecular formula is C11H9NO3. The molecule has 0 aromatic heterocycles. The van der Waals surface area contributed by atoms with Crippen LogP contribution in [0.15, 0.2) is 30.3 Å². The van der Waals surface area contributed by atoms with E-state index in [1.807, 2.05) is 0 Å². The number of carbonyl (C=O) groups excluding carboxylic acids is 1. The van der Waals surface area contributed by atoms with Gasteiger partial charge in [0.15, 0.2) is 11.5 Å². The third-order valence-corrected chi connectivity index (χ3v) is 2.24. The monoisotopic (exact) mass is 203 g/mol. The number of aromatic hydroxyl groups is 2. The van der Waals surface area contributed by atoms with Crippen molar-refractivity contribution >= 4 is 16.7 Å². The number of fused-ring (bicyclic) bond motifs is 1. The Bertz CT molecular complexity index is 549. The van der Waals surface area contributed by atoms with E-state index < -0.39 is 5.91 Å². The number of carbonyl (C=O) groups is 1. The molecule has 0 unspecified atom stereocenters. The summed E-state index contributed by atoms with van der Waals surface area (Å²) in [6.45, 7) is 0. The lowest BCUT2D eigenvalue weighted by atomic mass is 10.0. The van der Waals surface area contributed by atoms with E-state index >= 15 is 0 Å². The summed E-state index contributed by atoms with van der Waals surface area (Å²) >= 11 is 0. The lowest BCUT2D eigenvalue weighted by molar-refractivity contribution is 0.100. The number of amides is 1. The van der Waals surface area contributed by atoms with E-state index in [0.717, 1.165) is 0 Å². The highest BCUT2D eigenvalue weighted by Gasteiger charge is 2.09. The fourth-order valence-electron chi connectivity index (χ4n) is 1.52. The molecule has 0 radical (unpaired) electrons. The van der Waals surface area contributed by atoms with Crippen molar-refractivity contribution in [2.24, 2.45) is 5.73 Å². The number of hydrogen-bond acceptors (Lipinski definition) is 3. The number of benzene rings is 2. The summed E-state index contributed by atoms with van der Waals surface area (Å²) in [7, 11) is 0. The third kappa shape index (κ3) is 1.46. The number of phenols is 2. The zero-order valence-corrected chi connectivity index (χ0v) is 7.77. The SMILES string of the molecule is NC(=O)c1cccc2cc(O)c(O)cc12. The normalized spacial score (nSPS) is 10.4. The molecule has 0 aliphatic rings. The first-order chi connectivity index (χ1) is 7.09. The van der Waals surface area contributed by atoms with Gasteiger partial charge in [-0.05, 0) is 29.0 Å². The maximum atomic E-state index is 11.1. The van der Waals surface area contributed by atoms with Crippen molar-refractivity contribution < 1.29 is 15.0 Å². The largest absolute Gasteiger partial charge is 0.504 e. The predicted molar refractivity (Wildman–Crippen MR) is 55.8 cm³/mol. The molecule has 0 bridgehead atoms. The summed E-state index contributed by atoms with van der Waals surface area (Å²) < 4.78 is 0. The minimum Gasteiger partial charge on any atom is -0.504 e. The van der Waals surface area contributed by atoms with E-state index in [2.05, 4.69) is 0 Å². The maximum absolute atomic E-state index is 11.1. The Morgan fingerprint density at radius 3 is 2.47 bits per heavy atom. The molecule has 4 N–H and O–H groups in total. The quantitative estimate of drug-likeness (QED) is 0.611. The summed E-state index contributed by atoms with van der Waals surface area (Å²) in [6.07, 6.45) is 0. The van der Waals surface area contributed by atoms with Gasteiger partial charge in [-0.2, -0.15) is 0 Å². The Morgan fingerprint density at radius 1 is 1.13 bits per heavy atom. The van der Waals surface area contributed by atoms with Crippen LogP contribution in [0.4, 0.5) is 0 Å². The smallest absolute Gasteiger partial charge is 0.249 e. The average Bonchev–Trinajstić information content (AvgIpc) is 2.18. The highest BCUT2D eigenvalue weighted by molar-refractivity contribution is 6.07. The Balaban J connectivity index is 2.86. The summed E-state index contributed by atoms with van der Waals surface area (Å²) in [5.41, 5.74) is 5.51. The van der Waals surface area contributed by atoms with Crippen molar-refractivity contribution in [1.82, 2.24) is 0 Å². The number of rotatable bonds is 1. The van der Waals surface area contributed by atoms with Crippen LogP contribution in [0.5, 0.6) is 11.5 Å². The van der Waals surface area contributed by atoms with E-state index in [1.54, 1.807) is 18.2 Å². The summed E-state index contributed by atoms with van der Waals surface area (Å²) in [4.78, 5) is 11.1. The van der Waals surface area contributed by atoms with Crippen LogP contribution in [0.2, 0.25) is 0 Å². The second-order valence-corrected chi connectivity index (χ2v) is 3.23. The minimum absolute atomic E-state index is 0.218. The fraction of sp³-hybridized carbons (Fsp3) is 0. The van der Waals surface area contributed by atoms with Crippen LogP contribution >= 0.6 is 0 Å². The lowest BCUT2D eigenvalue weighted by Crippen LogP contribution is -2.11. The maximum Gasteiger partial charge on any atom is 0.249 e. The summed E-state index contributed by atoms with van der Waals surface area (Å²) in [5, 5.41) is 19.8. The minimum atomic E-state index is -0.564. The summed E-state index contributed by atoms with van der Waals surface area (Å²) in [5.74, 6) is -1.05. The number of hydrogen-bond donors (Lipinski definition) is 3. The Labute approximate surface area is 85.6 Å². The number of nitrogens with two attached hydrogens (primary N) is 1. The van der Waals surface area contributed by atoms with Crippen molar-refractivity contribution in [2.45, 2.75) is 0 Å². The lowest BCUT2D eigenvalue weighted by Gasteiger charge is -2.05. The molecule has 15 heavy (non-hydrogen) atoms. The second kappa shape index (κ2) is 3.16. The summed E-state index contributed by atoms with van der Waals surface area (Å²) in [6, 6.07) is 7.67. The molecule has 2 aromatic rings. The van der Waals surface area contributed by atoms with E-state index in [-0.39, 0.29) is 11.5 Å². The molecule has 2 rings (SSSR count). The first-order valence-electron chi connectivity index (χ1n) is 4.34. The Morgan fingerprint density at radius 2 is 1.80 bits per heavy atom. The molecule has 2 aromatic carbocycles. The molecule has 76 valence electrons.